The molecule has 0 atom stereocenters. The van der Waals surface area contributed by atoms with Crippen LogP contribution in [0, 0.1) is 6.92 Å². The first kappa shape index (κ1) is 59.1. The summed E-state index contributed by atoms with van der Waals surface area (Å²) in [6.07, 6.45) is -8.52. The number of hydrogen-bond donors (Lipinski definition) is 0. The summed E-state index contributed by atoms with van der Waals surface area (Å²) >= 11 is 0. The highest BCUT2D eigenvalue weighted by molar-refractivity contribution is 5.23. The lowest BCUT2D eigenvalue weighted by atomic mass is 9.82. The zero-order chi connectivity index (χ0) is 52.0. The fourth-order valence-electron chi connectivity index (χ4n) is 3.56. The predicted octanol–water partition coefficient (Wildman–Crippen LogP) is 13.5. The highest BCUT2D eigenvalue weighted by atomic mass is 19.4. The van der Waals surface area contributed by atoms with Crippen molar-refractivity contribution in [1.29, 1.82) is 0 Å². The van der Waals surface area contributed by atoms with Crippen LogP contribution in [-0.4, -0.2) is 119 Å². The van der Waals surface area contributed by atoms with E-state index in [4.69, 9.17) is 0 Å². The normalized spacial score (nSPS) is 17.5. The Balaban J connectivity index is 7.98. The van der Waals surface area contributed by atoms with Gasteiger partial charge in [-0.25, -0.2) is 0 Å². The second-order valence-electron chi connectivity index (χ2n) is 11.5. The molecule has 0 heterocycles. The van der Waals surface area contributed by atoms with Crippen molar-refractivity contribution in [2.24, 2.45) is 0 Å². The van der Waals surface area contributed by atoms with Gasteiger partial charge in [0, 0.05) is 6.92 Å². The molecule has 0 saturated heterocycles. The van der Waals surface area contributed by atoms with Crippen LogP contribution in [0.1, 0.15) is 0 Å². The van der Waals surface area contributed by atoms with E-state index in [1.54, 1.807) is 0 Å². The Morgan fingerprint density at radius 1 is 0.129 bits per heavy atom. The average molecular weight is 1030 g/mol. The number of alkyl halides is 41. The molecule has 373 valence electrons. The smallest absolute Gasteiger partial charge is 0.200 e. The Morgan fingerprint density at radius 2 is 0.210 bits per heavy atom. The van der Waals surface area contributed by atoms with Gasteiger partial charge in [0.15, 0.2) is 0 Å². The van der Waals surface area contributed by atoms with Gasteiger partial charge in [0.05, 0.1) is 0 Å². The molecule has 0 spiro atoms. The van der Waals surface area contributed by atoms with Crippen molar-refractivity contribution < 1.29 is 180 Å². The summed E-state index contributed by atoms with van der Waals surface area (Å²) in [5.74, 6) is -188. The van der Waals surface area contributed by atoms with Crippen LogP contribution in [0.2, 0.25) is 0 Å². The molecule has 0 aromatic rings. The number of rotatable bonds is 18. The van der Waals surface area contributed by atoms with Gasteiger partial charge in [-0.15, -0.1) is 0 Å². The molecule has 0 fully saturated rings. The second kappa shape index (κ2) is 13.8. The van der Waals surface area contributed by atoms with Crippen LogP contribution in [0.5, 0.6) is 0 Å². The molecule has 41 heteroatoms. The summed E-state index contributed by atoms with van der Waals surface area (Å²) in [5.41, 5.74) is 0. The first-order chi connectivity index (χ1) is 25.8. The van der Waals surface area contributed by atoms with Crippen LogP contribution < -0.4 is 0 Å². The molecular weight excluding hydrogens is 1030 g/mol. The van der Waals surface area contributed by atoms with Crippen molar-refractivity contribution in [3.8, 4) is 0 Å². The van der Waals surface area contributed by atoms with Crippen molar-refractivity contribution in [3.63, 3.8) is 0 Å². The molecule has 0 aliphatic rings. The van der Waals surface area contributed by atoms with Crippen LogP contribution in [0.4, 0.5) is 180 Å². The lowest BCUT2D eigenvalue weighted by molar-refractivity contribution is -0.495. The molecule has 0 aromatic heterocycles. The Hall–Kier alpha value is -2.87. The minimum atomic E-state index is -10.6. The lowest BCUT2D eigenvalue weighted by Gasteiger charge is -2.47. The van der Waals surface area contributed by atoms with Crippen molar-refractivity contribution in [1.82, 2.24) is 0 Å². The van der Waals surface area contributed by atoms with E-state index in [9.17, 15) is 180 Å². The molecule has 0 N–H and O–H groups in total. The van der Waals surface area contributed by atoms with Gasteiger partial charge in [0.1, 0.15) is 0 Å². The molecule has 0 saturated carbocycles. The monoisotopic (exact) mass is 1030 g/mol. The fourth-order valence-corrected chi connectivity index (χ4v) is 3.56. The highest BCUT2D eigenvalue weighted by Crippen LogP contribution is 2.71. The summed E-state index contributed by atoms with van der Waals surface area (Å²) in [6, 6.07) is 0. The molecule has 1 radical (unpaired) electrons. The molecule has 0 unspecified atom stereocenters. The van der Waals surface area contributed by atoms with Crippen molar-refractivity contribution in [3.05, 3.63) is 6.92 Å². The minimum absolute atomic E-state index is 0.532. The maximum Gasteiger partial charge on any atom is 0.460 e. The van der Waals surface area contributed by atoms with E-state index in [1.807, 2.05) is 0 Å². The Labute approximate surface area is 307 Å². The largest absolute Gasteiger partial charge is 0.460 e. The van der Waals surface area contributed by atoms with Gasteiger partial charge < -0.3 is 0 Å². The van der Waals surface area contributed by atoms with E-state index in [2.05, 4.69) is 0 Å². The van der Waals surface area contributed by atoms with E-state index in [0.29, 0.717) is 6.92 Å². The maximum atomic E-state index is 13.9. The van der Waals surface area contributed by atoms with Gasteiger partial charge in [-0.05, 0) is 0 Å². The quantitative estimate of drug-likeness (QED) is 0.120. The van der Waals surface area contributed by atoms with Crippen LogP contribution in [0.3, 0.4) is 0 Å². The molecule has 0 aliphatic carbocycles. The van der Waals surface area contributed by atoms with Gasteiger partial charge in [0.2, 0.25) is 0 Å². The molecule has 0 aromatic carbocycles. The van der Waals surface area contributed by atoms with Gasteiger partial charge >= 0.3 is 119 Å². The maximum absolute atomic E-state index is 13.9. The highest BCUT2D eigenvalue weighted by Gasteiger charge is 3.03. The van der Waals surface area contributed by atoms with E-state index in [0.717, 1.165) is 0 Å². The van der Waals surface area contributed by atoms with Gasteiger partial charge in [-0.1, -0.05) is 0 Å². The number of halogens is 41. The molecule has 0 bridgehead atoms. The van der Waals surface area contributed by atoms with Crippen LogP contribution >= 0.6 is 0 Å². The van der Waals surface area contributed by atoms with E-state index < -0.39 is 119 Å². The molecule has 62 heavy (non-hydrogen) atoms. The summed E-state index contributed by atoms with van der Waals surface area (Å²) in [7, 11) is 0. The molecule has 0 aliphatic heterocycles. The first-order valence-electron chi connectivity index (χ1n) is 12.9. The number of hydrogen-bond acceptors (Lipinski definition) is 0. The van der Waals surface area contributed by atoms with Gasteiger partial charge in [-0.2, -0.15) is 180 Å². The van der Waals surface area contributed by atoms with Gasteiger partial charge in [-0.3, -0.25) is 0 Å². The minimum Gasteiger partial charge on any atom is -0.200 e. The molecule has 0 amide bonds. The Morgan fingerprint density at radius 3 is 0.290 bits per heavy atom. The molecular formula is C21H2F41. The lowest BCUT2D eigenvalue weighted by Crippen LogP contribution is -2.80. The summed E-state index contributed by atoms with van der Waals surface area (Å²) in [6.45, 7) is 0.532. The predicted molar refractivity (Wildman–Crippen MR) is 105 cm³/mol. The van der Waals surface area contributed by atoms with Crippen LogP contribution in [0.25, 0.3) is 0 Å². The summed E-state index contributed by atoms with van der Waals surface area (Å²) < 4.78 is 552. The zero-order valence-corrected chi connectivity index (χ0v) is 26.2. The summed E-state index contributed by atoms with van der Waals surface area (Å²) in [5, 5.41) is 0. The first-order valence-corrected chi connectivity index (χ1v) is 12.9. The topological polar surface area (TPSA) is 0 Å². The second-order valence-corrected chi connectivity index (χ2v) is 11.5. The SMILES string of the molecule is [CH2]C(F)(F)C(F)(F)C(F)(F)C(F)(F)C(F)(F)C(F)(F)C(F)(F)C(F)(F)C(F)(F)C(F)(F)C(F)(F)C(F)(F)C(F)(F)C(F)(F)C(F)(F)C(F)(F)C(F)(F)C(F)(F)C(F)(F)C(F)(F)F. The van der Waals surface area contributed by atoms with E-state index >= 15 is 0 Å². The van der Waals surface area contributed by atoms with E-state index in [-0.39, 0.29) is 0 Å². The third-order valence-corrected chi connectivity index (χ3v) is 7.52. The van der Waals surface area contributed by atoms with E-state index in [1.165, 1.54) is 0 Å². The van der Waals surface area contributed by atoms with Gasteiger partial charge in [0.25, 0.3) is 0 Å². The standard InChI is InChI=1S/C21H2F41/c1-2(22,23)3(24,25)4(26,27)5(28,29)6(30,31)7(32,33)8(34,35)9(36,37)10(38,39)11(40,41)12(42,43)13(44,45)14(46,47)15(48,49)16(50,51)17(52,53)18(54,55)19(56,57)20(58,59)21(60,61)62/h1H2. The Bertz CT molecular complexity index is 1500. The van der Waals surface area contributed by atoms with Crippen molar-refractivity contribution in [2.75, 3.05) is 0 Å². The third-order valence-electron chi connectivity index (χ3n) is 7.52. The third kappa shape index (κ3) is 6.37. The average Bonchev–Trinajstić information content (AvgIpc) is 3.01. The van der Waals surface area contributed by atoms with Crippen LogP contribution in [0.15, 0.2) is 0 Å². The Kier molecular flexibility index (Phi) is 13.2. The van der Waals surface area contributed by atoms with Crippen LogP contribution in [-0.2, 0) is 0 Å². The summed E-state index contributed by atoms with van der Waals surface area (Å²) in [4.78, 5) is 0. The zero-order valence-electron chi connectivity index (χ0n) is 26.2. The fraction of sp³-hybridized carbons (Fsp3) is 0.952. The van der Waals surface area contributed by atoms with Crippen molar-refractivity contribution in [2.45, 2.75) is 119 Å². The van der Waals surface area contributed by atoms with Crippen molar-refractivity contribution >= 4 is 0 Å². The molecule has 0 rings (SSSR count). The molecule has 0 nitrogen and oxygen atoms in total.